The van der Waals surface area contributed by atoms with Gasteiger partial charge in [-0.2, -0.15) is 0 Å². The average Bonchev–Trinajstić information content (AvgIpc) is 2.60. The first kappa shape index (κ1) is 11.9. The van der Waals surface area contributed by atoms with Gasteiger partial charge in [0.25, 0.3) is 0 Å². The summed E-state index contributed by atoms with van der Waals surface area (Å²) in [5.41, 5.74) is 5.55. The van der Waals surface area contributed by atoms with Gasteiger partial charge in [-0.15, -0.1) is 0 Å². The van der Waals surface area contributed by atoms with Crippen LogP contribution in [0, 0.1) is 0 Å². The second-order valence-electron chi connectivity index (χ2n) is 3.77. The van der Waals surface area contributed by atoms with Gasteiger partial charge in [0, 0.05) is 19.5 Å². The highest BCUT2D eigenvalue weighted by Gasteiger charge is 2.28. The molecule has 1 amide bonds. The van der Waals surface area contributed by atoms with Crippen LogP contribution in [0.1, 0.15) is 19.3 Å². The van der Waals surface area contributed by atoms with Crippen LogP contribution in [-0.2, 0) is 9.59 Å². The molecule has 6 nitrogen and oxygen atoms in total. The Hall–Kier alpha value is -1.14. The Morgan fingerprint density at radius 1 is 1.53 bits per heavy atom. The summed E-state index contributed by atoms with van der Waals surface area (Å²) in [6.07, 6.45) is 0.127. The lowest BCUT2D eigenvalue weighted by molar-refractivity contribution is -0.137. The summed E-state index contributed by atoms with van der Waals surface area (Å²) in [6, 6.07) is -0.772. The number of amides is 1. The molecule has 1 aliphatic heterocycles. The van der Waals surface area contributed by atoms with Gasteiger partial charge in [0.15, 0.2) is 0 Å². The zero-order valence-electron chi connectivity index (χ0n) is 8.43. The molecule has 2 atom stereocenters. The minimum Gasteiger partial charge on any atom is -0.481 e. The first-order valence-corrected chi connectivity index (χ1v) is 4.95. The molecule has 0 aromatic rings. The molecule has 0 spiro atoms. The fourth-order valence-corrected chi connectivity index (χ4v) is 1.58. The molecule has 0 bridgehead atoms. The monoisotopic (exact) mass is 216 g/mol. The van der Waals surface area contributed by atoms with Crippen molar-refractivity contribution in [1.82, 2.24) is 4.90 Å². The predicted octanol–water partition coefficient (Wildman–Crippen LogP) is -1.23. The third kappa shape index (κ3) is 3.49. The molecule has 86 valence electrons. The Morgan fingerprint density at radius 3 is 2.67 bits per heavy atom. The average molecular weight is 216 g/mol. The molecule has 1 fully saturated rings. The highest BCUT2D eigenvalue weighted by atomic mass is 16.4. The van der Waals surface area contributed by atoms with E-state index in [-0.39, 0.29) is 18.7 Å². The van der Waals surface area contributed by atoms with E-state index in [0.717, 1.165) is 0 Å². The molecule has 1 saturated heterocycles. The Morgan fingerprint density at radius 2 is 2.20 bits per heavy atom. The summed E-state index contributed by atoms with van der Waals surface area (Å²) in [7, 11) is 0. The number of carbonyl (C=O) groups excluding carboxylic acids is 1. The van der Waals surface area contributed by atoms with Crippen LogP contribution < -0.4 is 5.73 Å². The van der Waals surface area contributed by atoms with E-state index < -0.39 is 18.1 Å². The van der Waals surface area contributed by atoms with Crippen LogP contribution in [0.2, 0.25) is 0 Å². The van der Waals surface area contributed by atoms with Gasteiger partial charge in [-0.1, -0.05) is 0 Å². The maximum atomic E-state index is 11.6. The van der Waals surface area contributed by atoms with Crippen molar-refractivity contribution in [2.24, 2.45) is 5.73 Å². The van der Waals surface area contributed by atoms with Crippen molar-refractivity contribution >= 4 is 11.9 Å². The Kier molecular flexibility index (Phi) is 4.05. The molecule has 0 aliphatic carbocycles. The lowest BCUT2D eigenvalue weighted by atomic mass is 10.1. The predicted molar refractivity (Wildman–Crippen MR) is 52.0 cm³/mol. The van der Waals surface area contributed by atoms with Crippen molar-refractivity contribution in [1.29, 1.82) is 0 Å². The van der Waals surface area contributed by atoms with Crippen molar-refractivity contribution in [2.45, 2.75) is 31.4 Å². The van der Waals surface area contributed by atoms with Gasteiger partial charge >= 0.3 is 5.97 Å². The van der Waals surface area contributed by atoms with E-state index in [1.165, 1.54) is 4.90 Å². The zero-order chi connectivity index (χ0) is 11.4. The van der Waals surface area contributed by atoms with E-state index in [0.29, 0.717) is 19.5 Å². The first-order chi connectivity index (χ1) is 7.00. The third-order valence-corrected chi connectivity index (χ3v) is 2.46. The maximum absolute atomic E-state index is 11.6. The fourth-order valence-electron chi connectivity index (χ4n) is 1.58. The van der Waals surface area contributed by atoms with Crippen LogP contribution in [0.5, 0.6) is 0 Å². The van der Waals surface area contributed by atoms with E-state index in [4.69, 9.17) is 10.8 Å². The molecule has 1 rings (SSSR count). The minimum atomic E-state index is -0.959. The van der Waals surface area contributed by atoms with E-state index >= 15 is 0 Å². The molecule has 1 aliphatic rings. The van der Waals surface area contributed by atoms with Gasteiger partial charge in [-0.3, -0.25) is 9.59 Å². The van der Waals surface area contributed by atoms with Gasteiger partial charge in [-0.05, 0) is 12.8 Å². The number of aliphatic hydroxyl groups excluding tert-OH is 1. The molecule has 0 aromatic heterocycles. The Balaban J connectivity index is 2.35. The summed E-state index contributed by atoms with van der Waals surface area (Å²) < 4.78 is 0. The zero-order valence-corrected chi connectivity index (χ0v) is 8.43. The lowest BCUT2D eigenvalue weighted by Crippen LogP contribution is -2.43. The van der Waals surface area contributed by atoms with Gasteiger partial charge in [0.05, 0.1) is 12.1 Å². The molecule has 4 N–H and O–H groups in total. The SMILES string of the molecule is NC(CCC(=O)O)C(=O)N1CC[C@@H](O)C1. The van der Waals surface area contributed by atoms with Crippen LogP contribution in [0.25, 0.3) is 0 Å². The molecule has 15 heavy (non-hydrogen) atoms. The number of hydrogen-bond donors (Lipinski definition) is 3. The standard InChI is InChI=1S/C9H16N2O4/c10-7(1-2-8(13)14)9(15)11-4-3-6(12)5-11/h6-7,12H,1-5,10H2,(H,13,14)/t6-,7?/m1/s1. The molecule has 1 unspecified atom stereocenters. The first-order valence-electron chi connectivity index (χ1n) is 4.95. The molecule has 1 heterocycles. The third-order valence-electron chi connectivity index (χ3n) is 2.46. The number of aliphatic hydroxyl groups is 1. The summed E-state index contributed by atoms with van der Waals surface area (Å²) >= 11 is 0. The highest BCUT2D eigenvalue weighted by molar-refractivity contribution is 5.82. The number of hydrogen-bond acceptors (Lipinski definition) is 4. The number of carbonyl (C=O) groups is 2. The van der Waals surface area contributed by atoms with E-state index in [1.54, 1.807) is 0 Å². The van der Waals surface area contributed by atoms with Gasteiger partial charge in [0.1, 0.15) is 0 Å². The summed E-state index contributed by atoms with van der Waals surface area (Å²) in [5, 5.41) is 17.7. The summed E-state index contributed by atoms with van der Waals surface area (Å²) in [5.74, 6) is -1.23. The van der Waals surface area contributed by atoms with Crippen molar-refractivity contribution in [3.8, 4) is 0 Å². The normalized spacial score (nSPS) is 22.8. The molecular formula is C9H16N2O4. The van der Waals surface area contributed by atoms with Crippen LogP contribution in [0.3, 0.4) is 0 Å². The molecular weight excluding hydrogens is 200 g/mol. The van der Waals surface area contributed by atoms with Crippen LogP contribution in [0.4, 0.5) is 0 Å². The van der Waals surface area contributed by atoms with E-state index in [1.807, 2.05) is 0 Å². The van der Waals surface area contributed by atoms with Crippen molar-refractivity contribution in [3.05, 3.63) is 0 Å². The van der Waals surface area contributed by atoms with Crippen LogP contribution >= 0.6 is 0 Å². The number of likely N-dealkylation sites (tertiary alicyclic amines) is 1. The smallest absolute Gasteiger partial charge is 0.303 e. The van der Waals surface area contributed by atoms with Crippen molar-refractivity contribution < 1.29 is 19.8 Å². The Labute approximate surface area is 87.7 Å². The number of nitrogens with zero attached hydrogens (tertiary/aromatic N) is 1. The highest BCUT2D eigenvalue weighted by Crippen LogP contribution is 2.11. The number of carboxylic acids is 1. The molecule has 0 aromatic carbocycles. The number of carboxylic acid groups (broad SMARTS) is 1. The fraction of sp³-hybridized carbons (Fsp3) is 0.778. The van der Waals surface area contributed by atoms with Gasteiger partial charge < -0.3 is 20.8 Å². The van der Waals surface area contributed by atoms with E-state index in [9.17, 15) is 14.7 Å². The number of aliphatic carboxylic acids is 1. The minimum absolute atomic E-state index is 0.108. The maximum Gasteiger partial charge on any atom is 0.303 e. The number of rotatable bonds is 4. The number of nitrogens with two attached hydrogens (primary N) is 1. The number of β-amino-alcohol motifs (C(OH)–C–C–N with tert-alkyl or cyclic N) is 1. The van der Waals surface area contributed by atoms with E-state index in [2.05, 4.69) is 0 Å². The van der Waals surface area contributed by atoms with Crippen LogP contribution in [0.15, 0.2) is 0 Å². The van der Waals surface area contributed by atoms with Crippen molar-refractivity contribution in [3.63, 3.8) is 0 Å². The largest absolute Gasteiger partial charge is 0.481 e. The van der Waals surface area contributed by atoms with Crippen LogP contribution in [-0.4, -0.2) is 52.2 Å². The quantitative estimate of drug-likeness (QED) is 0.546. The molecule has 0 saturated carbocycles. The summed E-state index contributed by atoms with van der Waals surface area (Å²) in [4.78, 5) is 23.4. The van der Waals surface area contributed by atoms with Crippen molar-refractivity contribution in [2.75, 3.05) is 13.1 Å². The Bertz CT molecular complexity index is 256. The second-order valence-corrected chi connectivity index (χ2v) is 3.77. The van der Waals surface area contributed by atoms with Gasteiger partial charge in [0.2, 0.25) is 5.91 Å². The topological polar surface area (TPSA) is 104 Å². The van der Waals surface area contributed by atoms with Gasteiger partial charge in [-0.25, -0.2) is 0 Å². The molecule has 6 heteroatoms. The second kappa shape index (κ2) is 5.09. The molecule has 0 radical (unpaired) electrons. The summed E-state index contributed by atoms with van der Waals surface area (Å²) in [6.45, 7) is 0.806. The lowest BCUT2D eigenvalue weighted by Gasteiger charge is -2.19.